The van der Waals surface area contributed by atoms with Crippen LogP contribution in [0.3, 0.4) is 0 Å². The van der Waals surface area contributed by atoms with Gasteiger partial charge in [-0.2, -0.15) is 0 Å². The van der Waals surface area contributed by atoms with Crippen LogP contribution in [0.5, 0.6) is 0 Å². The van der Waals surface area contributed by atoms with Gasteiger partial charge in [0.05, 0.1) is 0 Å². The van der Waals surface area contributed by atoms with Crippen molar-refractivity contribution >= 4 is 11.6 Å². The minimum Gasteiger partial charge on any atom is -0.383 e. The zero-order chi connectivity index (χ0) is 11.8. The van der Waals surface area contributed by atoms with Crippen LogP contribution in [0.15, 0.2) is 18.3 Å². The Bertz CT molecular complexity index is 339. The number of Topliss-reactive ketones (excluding diaryl/α,β-unsaturated/α-hetero) is 1. The second-order valence-corrected chi connectivity index (χ2v) is 3.86. The SMILES string of the molecule is NCCCCCC(=O)Cc1cccnc1N. The van der Waals surface area contributed by atoms with Crippen LogP contribution in [0.4, 0.5) is 5.82 Å². The highest BCUT2D eigenvalue weighted by Crippen LogP contribution is 2.10. The molecule has 16 heavy (non-hydrogen) atoms. The highest BCUT2D eigenvalue weighted by atomic mass is 16.1. The number of nitrogen functional groups attached to an aromatic ring is 1. The third kappa shape index (κ3) is 4.40. The summed E-state index contributed by atoms with van der Waals surface area (Å²) in [4.78, 5) is 15.6. The third-order valence-corrected chi connectivity index (χ3v) is 2.47. The normalized spacial score (nSPS) is 10.3. The third-order valence-electron chi connectivity index (χ3n) is 2.47. The summed E-state index contributed by atoms with van der Waals surface area (Å²) in [5.41, 5.74) is 11.9. The fraction of sp³-hybridized carbons (Fsp3) is 0.500. The summed E-state index contributed by atoms with van der Waals surface area (Å²) in [6.07, 6.45) is 5.55. The van der Waals surface area contributed by atoms with Gasteiger partial charge in [-0.05, 0) is 25.5 Å². The fourth-order valence-corrected chi connectivity index (χ4v) is 1.54. The largest absolute Gasteiger partial charge is 0.383 e. The Kier molecular flexibility index (Phi) is 5.50. The van der Waals surface area contributed by atoms with Crippen LogP contribution in [0, 0.1) is 0 Å². The average Bonchev–Trinajstić information content (AvgIpc) is 2.28. The van der Waals surface area contributed by atoms with Crippen LogP contribution in [-0.2, 0) is 11.2 Å². The Balaban J connectivity index is 2.32. The molecule has 4 nitrogen and oxygen atoms in total. The first kappa shape index (κ1) is 12.6. The lowest BCUT2D eigenvalue weighted by atomic mass is 10.0. The molecule has 0 aliphatic heterocycles. The highest BCUT2D eigenvalue weighted by Gasteiger charge is 2.06. The number of pyridine rings is 1. The van der Waals surface area contributed by atoms with E-state index in [1.54, 1.807) is 12.3 Å². The molecule has 0 fully saturated rings. The lowest BCUT2D eigenvalue weighted by molar-refractivity contribution is -0.118. The molecular formula is C12H19N3O. The molecular weight excluding hydrogens is 202 g/mol. The molecule has 1 aromatic rings. The van der Waals surface area contributed by atoms with Crippen LogP contribution < -0.4 is 11.5 Å². The van der Waals surface area contributed by atoms with Gasteiger partial charge in [0.15, 0.2) is 0 Å². The van der Waals surface area contributed by atoms with Gasteiger partial charge in [0.25, 0.3) is 0 Å². The minimum absolute atomic E-state index is 0.219. The molecule has 1 rings (SSSR count). The molecule has 1 heterocycles. The van der Waals surface area contributed by atoms with E-state index in [1.807, 2.05) is 6.07 Å². The van der Waals surface area contributed by atoms with Crippen molar-refractivity contribution in [1.29, 1.82) is 0 Å². The number of rotatable bonds is 7. The first-order valence-electron chi connectivity index (χ1n) is 5.65. The lowest BCUT2D eigenvalue weighted by Gasteiger charge is -2.03. The lowest BCUT2D eigenvalue weighted by Crippen LogP contribution is -2.06. The van der Waals surface area contributed by atoms with Gasteiger partial charge in [0, 0.05) is 24.6 Å². The van der Waals surface area contributed by atoms with E-state index in [9.17, 15) is 4.79 Å². The number of nitrogens with two attached hydrogens (primary N) is 2. The van der Waals surface area contributed by atoms with Crippen molar-refractivity contribution in [2.24, 2.45) is 5.73 Å². The Hall–Kier alpha value is -1.42. The molecule has 0 saturated carbocycles. The predicted octanol–water partition coefficient (Wildman–Crippen LogP) is 1.29. The van der Waals surface area contributed by atoms with Crippen molar-refractivity contribution in [2.45, 2.75) is 32.1 Å². The van der Waals surface area contributed by atoms with E-state index in [-0.39, 0.29) is 5.78 Å². The summed E-state index contributed by atoms with van der Waals surface area (Å²) in [6, 6.07) is 3.65. The van der Waals surface area contributed by atoms with Crippen molar-refractivity contribution < 1.29 is 4.79 Å². The quantitative estimate of drug-likeness (QED) is 0.680. The van der Waals surface area contributed by atoms with Crippen molar-refractivity contribution in [3.63, 3.8) is 0 Å². The van der Waals surface area contributed by atoms with Crippen LogP contribution in [0.25, 0.3) is 0 Å². The molecule has 0 unspecified atom stereocenters. The molecule has 4 heteroatoms. The number of ketones is 1. The number of carbonyl (C=O) groups is 1. The zero-order valence-corrected chi connectivity index (χ0v) is 9.48. The molecule has 1 aromatic heterocycles. The van der Waals surface area contributed by atoms with Gasteiger partial charge in [0.1, 0.15) is 11.6 Å². The number of anilines is 1. The second-order valence-electron chi connectivity index (χ2n) is 3.86. The number of nitrogens with zero attached hydrogens (tertiary/aromatic N) is 1. The van der Waals surface area contributed by atoms with E-state index in [0.29, 0.717) is 25.2 Å². The molecule has 0 saturated heterocycles. The standard InChI is InChI=1S/C12H19N3O/c13-7-3-1-2-6-11(16)9-10-5-4-8-15-12(10)14/h4-5,8H,1-3,6-7,9,13H2,(H2,14,15). The van der Waals surface area contributed by atoms with Crippen LogP contribution in [-0.4, -0.2) is 17.3 Å². The maximum absolute atomic E-state index is 11.6. The number of aromatic nitrogens is 1. The van der Waals surface area contributed by atoms with E-state index in [2.05, 4.69) is 4.98 Å². The van der Waals surface area contributed by atoms with Gasteiger partial charge < -0.3 is 11.5 Å². The molecule has 0 bridgehead atoms. The van der Waals surface area contributed by atoms with Crippen molar-refractivity contribution in [1.82, 2.24) is 4.98 Å². The Morgan fingerprint density at radius 2 is 2.12 bits per heavy atom. The van der Waals surface area contributed by atoms with E-state index < -0.39 is 0 Å². The smallest absolute Gasteiger partial charge is 0.137 e. The van der Waals surface area contributed by atoms with Gasteiger partial charge in [-0.1, -0.05) is 12.5 Å². The second kappa shape index (κ2) is 6.95. The molecule has 0 aromatic carbocycles. The van der Waals surface area contributed by atoms with Gasteiger partial charge in [-0.3, -0.25) is 4.79 Å². The molecule has 0 aliphatic carbocycles. The topological polar surface area (TPSA) is 82.0 Å². The summed E-state index contributed by atoms with van der Waals surface area (Å²) in [7, 11) is 0. The van der Waals surface area contributed by atoms with Crippen LogP contribution in [0.1, 0.15) is 31.2 Å². The molecule has 4 N–H and O–H groups in total. The van der Waals surface area contributed by atoms with Crippen LogP contribution >= 0.6 is 0 Å². The summed E-state index contributed by atoms with van der Waals surface area (Å²) >= 11 is 0. The first-order chi connectivity index (χ1) is 7.74. The Labute approximate surface area is 96.0 Å². The van der Waals surface area contributed by atoms with E-state index >= 15 is 0 Å². The van der Waals surface area contributed by atoms with E-state index in [1.165, 1.54) is 0 Å². The summed E-state index contributed by atoms with van der Waals surface area (Å²) in [5.74, 6) is 0.675. The maximum atomic E-state index is 11.6. The highest BCUT2D eigenvalue weighted by molar-refractivity contribution is 5.81. The fourth-order valence-electron chi connectivity index (χ4n) is 1.54. The molecule has 0 spiro atoms. The molecule has 0 atom stereocenters. The van der Waals surface area contributed by atoms with Gasteiger partial charge in [-0.15, -0.1) is 0 Å². The minimum atomic E-state index is 0.219. The number of carbonyl (C=O) groups excluding carboxylic acids is 1. The van der Waals surface area contributed by atoms with Crippen LogP contribution in [0.2, 0.25) is 0 Å². The van der Waals surface area contributed by atoms with Gasteiger partial charge in [0.2, 0.25) is 0 Å². The first-order valence-corrected chi connectivity index (χ1v) is 5.65. The molecule has 88 valence electrons. The van der Waals surface area contributed by atoms with Crippen molar-refractivity contribution in [3.8, 4) is 0 Å². The number of unbranched alkanes of at least 4 members (excludes halogenated alkanes) is 2. The number of hydrogen-bond acceptors (Lipinski definition) is 4. The maximum Gasteiger partial charge on any atom is 0.137 e. The van der Waals surface area contributed by atoms with E-state index in [4.69, 9.17) is 11.5 Å². The molecule has 0 aliphatic rings. The summed E-state index contributed by atoms with van der Waals surface area (Å²) < 4.78 is 0. The van der Waals surface area contributed by atoms with Crippen molar-refractivity contribution in [3.05, 3.63) is 23.9 Å². The predicted molar refractivity (Wildman–Crippen MR) is 64.9 cm³/mol. The zero-order valence-electron chi connectivity index (χ0n) is 9.48. The molecule has 0 amide bonds. The average molecular weight is 221 g/mol. The Morgan fingerprint density at radius 1 is 1.31 bits per heavy atom. The Morgan fingerprint density at radius 3 is 2.81 bits per heavy atom. The van der Waals surface area contributed by atoms with Gasteiger partial charge >= 0.3 is 0 Å². The molecule has 0 radical (unpaired) electrons. The summed E-state index contributed by atoms with van der Waals surface area (Å²) in [5, 5.41) is 0. The number of hydrogen-bond donors (Lipinski definition) is 2. The monoisotopic (exact) mass is 221 g/mol. The van der Waals surface area contributed by atoms with Gasteiger partial charge in [-0.25, -0.2) is 4.98 Å². The van der Waals surface area contributed by atoms with E-state index in [0.717, 1.165) is 24.8 Å². The summed E-state index contributed by atoms with van der Waals surface area (Å²) in [6.45, 7) is 0.698. The van der Waals surface area contributed by atoms with Crippen molar-refractivity contribution in [2.75, 3.05) is 12.3 Å².